The Kier molecular flexibility index (Phi) is 8.11. The van der Waals surface area contributed by atoms with Crippen LogP contribution in [0.3, 0.4) is 0 Å². The molecule has 0 bridgehead atoms. The lowest BCUT2D eigenvalue weighted by Gasteiger charge is -2.35. The number of allylic oxidation sites excluding steroid dienone is 1. The van der Waals surface area contributed by atoms with Gasteiger partial charge in [0, 0.05) is 39.3 Å². The standard InChI is InChI=1S/C24H32N2O3/c1-3-7-20-10-11-23(24(16-20)28-2)29-19-22(27)18-26-14-12-25(13-15-26)17-21-8-5-4-6-9-21/h3-11,16,22,27H,12-15,17-19H2,1-2H3/b7-3+/t22-/m1/s1. The van der Waals surface area contributed by atoms with Crippen LogP contribution in [0.1, 0.15) is 18.1 Å². The molecular formula is C24H32N2O3. The molecule has 1 heterocycles. The zero-order valence-electron chi connectivity index (χ0n) is 17.5. The predicted molar refractivity (Wildman–Crippen MR) is 117 cm³/mol. The summed E-state index contributed by atoms with van der Waals surface area (Å²) in [6, 6.07) is 16.4. The van der Waals surface area contributed by atoms with Gasteiger partial charge in [0.05, 0.1) is 7.11 Å². The number of benzene rings is 2. The van der Waals surface area contributed by atoms with Gasteiger partial charge < -0.3 is 14.6 Å². The minimum atomic E-state index is -0.532. The maximum atomic E-state index is 10.4. The highest BCUT2D eigenvalue weighted by atomic mass is 16.5. The molecule has 29 heavy (non-hydrogen) atoms. The maximum absolute atomic E-state index is 10.4. The van der Waals surface area contributed by atoms with Crippen molar-refractivity contribution in [1.82, 2.24) is 9.80 Å². The monoisotopic (exact) mass is 396 g/mol. The second-order valence-corrected chi connectivity index (χ2v) is 7.44. The topological polar surface area (TPSA) is 45.2 Å². The fraction of sp³-hybridized carbons (Fsp3) is 0.417. The summed E-state index contributed by atoms with van der Waals surface area (Å²) in [4.78, 5) is 4.77. The molecule has 1 atom stereocenters. The lowest BCUT2D eigenvalue weighted by atomic mass is 10.2. The fourth-order valence-electron chi connectivity index (χ4n) is 3.61. The molecular weight excluding hydrogens is 364 g/mol. The molecule has 0 aromatic heterocycles. The van der Waals surface area contributed by atoms with Gasteiger partial charge in [-0.05, 0) is 30.2 Å². The van der Waals surface area contributed by atoms with E-state index in [0.717, 1.165) is 38.3 Å². The van der Waals surface area contributed by atoms with Gasteiger partial charge in [-0.25, -0.2) is 0 Å². The number of hydrogen-bond acceptors (Lipinski definition) is 5. The first kappa shape index (κ1) is 21.4. The van der Waals surface area contributed by atoms with E-state index in [9.17, 15) is 5.11 Å². The molecule has 156 valence electrons. The van der Waals surface area contributed by atoms with Crippen molar-refractivity contribution in [3.63, 3.8) is 0 Å². The smallest absolute Gasteiger partial charge is 0.161 e. The minimum absolute atomic E-state index is 0.254. The number of aliphatic hydroxyl groups excluding tert-OH is 1. The van der Waals surface area contributed by atoms with Crippen LogP contribution < -0.4 is 9.47 Å². The summed E-state index contributed by atoms with van der Waals surface area (Å²) < 4.78 is 11.2. The summed E-state index contributed by atoms with van der Waals surface area (Å²) in [7, 11) is 1.63. The van der Waals surface area contributed by atoms with Gasteiger partial charge in [0.1, 0.15) is 12.7 Å². The average molecular weight is 397 g/mol. The van der Waals surface area contributed by atoms with Crippen LogP contribution in [0.25, 0.3) is 6.08 Å². The van der Waals surface area contributed by atoms with E-state index < -0.39 is 6.10 Å². The molecule has 1 N–H and O–H groups in total. The van der Waals surface area contributed by atoms with E-state index in [0.29, 0.717) is 18.0 Å². The van der Waals surface area contributed by atoms with E-state index in [4.69, 9.17) is 9.47 Å². The summed E-state index contributed by atoms with van der Waals surface area (Å²) in [6.07, 6.45) is 3.47. The Bertz CT molecular complexity index is 771. The Morgan fingerprint density at radius 3 is 2.41 bits per heavy atom. The second kappa shape index (κ2) is 11.0. The highest BCUT2D eigenvalue weighted by molar-refractivity contribution is 5.55. The zero-order valence-corrected chi connectivity index (χ0v) is 17.5. The predicted octanol–water partition coefficient (Wildman–Crippen LogP) is 3.29. The molecule has 0 unspecified atom stereocenters. The molecule has 1 aliphatic rings. The molecule has 3 rings (SSSR count). The van der Waals surface area contributed by atoms with Gasteiger partial charge in [-0.15, -0.1) is 0 Å². The Balaban J connectivity index is 1.42. The largest absolute Gasteiger partial charge is 0.493 e. The van der Waals surface area contributed by atoms with E-state index in [1.54, 1.807) is 7.11 Å². The number of nitrogens with zero attached hydrogens (tertiary/aromatic N) is 2. The SMILES string of the molecule is C/C=C/c1ccc(OC[C@H](O)CN2CCN(Cc3ccccc3)CC2)c(OC)c1. The van der Waals surface area contributed by atoms with E-state index in [1.165, 1.54) is 5.56 Å². The molecule has 2 aromatic rings. The molecule has 5 heteroatoms. The molecule has 1 aliphatic heterocycles. The molecule has 1 saturated heterocycles. The zero-order chi connectivity index (χ0) is 20.5. The number of β-amino-alcohol motifs (C(OH)–C–C–N with tert-alkyl or cyclic N) is 1. The normalized spacial score (nSPS) is 16.8. The fourth-order valence-corrected chi connectivity index (χ4v) is 3.61. The number of ether oxygens (including phenoxy) is 2. The number of rotatable bonds is 9. The lowest BCUT2D eigenvalue weighted by Crippen LogP contribution is -2.48. The summed E-state index contributed by atoms with van der Waals surface area (Å²) in [5, 5.41) is 10.4. The Labute approximate surface area is 174 Å². The van der Waals surface area contributed by atoms with Crippen LogP contribution in [-0.4, -0.2) is 67.5 Å². The molecule has 0 saturated carbocycles. The van der Waals surface area contributed by atoms with Gasteiger partial charge >= 0.3 is 0 Å². The van der Waals surface area contributed by atoms with Gasteiger partial charge in [0.15, 0.2) is 11.5 Å². The van der Waals surface area contributed by atoms with Crippen LogP contribution in [-0.2, 0) is 6.54 Å². The first-order valence-electron chi connectivity index (χ1n) is 10.3. The van der Waals surface area contributed by atoms with Gasteiger partial charge in [-0.1, -0.05) is 48.6 Å². The van der Waals surface area contributed by atoms with E-state index >= 15 is 0 Å². The number of methoxy groups -OCH3 is 1. The average Bonchev–Trinajstić information content (AvgIpc) is 2.75. The van der Waals surface area contributed by atoms with Gasteiger partial charge in [-0.3, -0.25) is 9.80 Å². The summed E-state index contributed by atoms with van der Waals surface area (Å²) >= 11 is 0. The summed E-state index contributed by atoms with van der Waals surface area (Å²) in [5.74, 6) is 1.34. The summed E-state index contributed by atoms with van der Waals surface area (Å²) in [6.45, 7) is 7.81. The van der Waals surface area contributed by atoms with Crippen molar-refractivity contribution in [3.05, 3.63) is 65.7 Å². The molecule has 1 fully saturated rings. The highest BCUT2D eigenvalue weighted by Gasteiger charge is 2.20. The minimum Gasteiger partial charge on any atom is -0.493 e. The Hall–Kier alpha value is -2.34. The van der Waals surface area contributed by atoms with Gasteiger partial charge in [0.25, 0.3) is 0 Å². The number of hydrogen-bond donors (Lipinski definition) is 1. The van der Waals surface area contributed by atoms with E-state index in [-0.39, 0.29) is 6.61 Å². The van der Waals surface area contributed by atoms with Crippen molar-refractivity contribution in [2.24, 2.45) is 0 Å². The van der Waals surface area contributed by atoms with Crippen molar-refractivity contribution >= 4 is 6.08 Å². The number of aliphatic hydroxyl groups is 1. The maximum Gasteiger partial charge on any atom is 0.161 e. The Morgan fingerprint density at radius 2 is 1.72 bits per heavy atom. The summed E-state index contributed by atoms with van der Waals surface area (Å²) in [5.41, 5.74) is 2.41. The van der Waals surface area contributed by atoms with Crippen molar-refractivity contribution in [3.8, 4) is 11.5 Å². The molecule has 0 amide bonds. The molecule has 2 aromatic carbocycles. The van der Waals surface area contributed by atoms with Gasteiger partial charge in [0.2, 0.25) is 0 Å². The van der Waals surface area contributed by atoms with Crippen molar-refractivity contribution in [2.75, 3.05) is 46.4 Å². The van der Waals surface area contributed by atoms with Gasteiger partial charge in [-0.2, -0.15) is 0 Å². The van der Waals surface area contributed by atoms with Crippen molar-refractivity contribution in [1.29, 1.82) is 0 Å². The van der Waals surface area contributed by atoms with Crippen LogP contribution in [0.2, 0.25) is 0 Å². The Morgan fingerprint density at radius 1 is 1.00 bits per heavy atom. The van der Waals surface area contributed by atoms with E-state index in [2.05, 4.69) is 40.1 Å². The van der Waals surface area contributed by atoms with Crippen molar-refractivity contribution < 1.29 is 14.6 Å². The van der Waals surface area contributed by atoms with Crippen LogP contribution in [0.5, 0.6) is 11.5 Å². The third-order valence-electron chi connectivity index (χ3n) is 5.16. The molecule has 5 nitrogen and oxygen atoms in total. The van der Waals surface area contributed by atoms with E-state index in [1.807, 2.05) is 37.3 Å². The highest BCUT2D eigenvalue weighted by Crippen LogP contribution is 2.28. The van der Waals surface area contributed by atoms with Crippen LogP contribution in [0.15, 0.2) is 54.6 Å². The molecule has 0 spiro atoms. The third kappa shape index (κ3) is 6.60. The van der Waals surface area contributed by atoms with Crippen LogP contribution >= 0.6 is 0 Å². The molecule has 0 radical (unpaired) electrons. The lowest BCUT2D eigenvalue weighted by molar-refractivity contribution is 0.0440. The third-order valence-corrected chi connectivity index (χ3v) is 5.16. The second-order valence-electron chi connectivity index (χ2n) is 7.44. The molecule has 0 aliphatic carbocycles. The first-order valence-corrected chi connectivity index (χ1v) is 10.3. The quantitative estimate of drug-likeness (QED) is 0.705. The number of piperazine rings is 1. The van der Waals surface area contributed by atoms with Crippen molar-refractivity contribution in [2.45, 2.75) is 19.6 Å². The van der Waals surface area contributed by atoms with Crippen LogP contribution in [0.4, 0.5) is 0 Å². The first-order chi connectivity index (χ1) is 14.2. The van der Waals surface area contributed by atoms with Crippen LogP contribution in [0, 0.1) is 0 Å².